The van der Waals surface area contributed by atoms with Gasteiger partial charge in [0.05, 0.1) is 29.4 Å². The molecule has 0 fully saturated rings. The van der Waals surface area contributed by atoms with Crippen molar-refractivity contribution in [3.05, 3.63) is 36.7 Å². The summed E-state index contributed by atoms with van der Waals surface area (Å²) in [4.78, 5) is 4.15. The van der Waals surface area contributed by atoms with Crippen molar-refractivity contribution in [2.45, 2.75) is 36.8 Å². The van der Waals surface area contributed by atoms with E-state index in [0.29, 0.717) is 16.9 Å². The van der Waals surface area contributed by atoms with Crippen LogP contribution in [0.1, 0.15) is 20.8 Å². The zero-order chi connectivity index (χ0) is 22.5. The molecule has 30 heavy (non-hydrogen) atoms. The van der Waals surface area contributed by atoms with Crippen molar-refractivity contribution < 1.29 is 31.1 Å². The van der Waals surface area contributed by atoms with E-state index < -0.39 is 26.7 Å². The predicted molar refractivity (Wildman–Crippen MR) is 105 cm³/mol. The highest BCUT2D eigenvalue weighted by atomic mass is 32.2. The van der Waals surface area contributed by atoms with Crippen LogP contribution in [0.3, 0.4) is 0 Å². The molecule has 0 saturated carbocycles. The van der Waals surface area contributed by atoms with E-state index in [9.17, 15) is 21.6 Å². The number of ether oxygens (including phenoxy) is 2. The zero-order valence-corrected chi connectivity index (χ0v) is 17.4. The molecule has 2 aromatic heterocycles. The van der Waals surface area contributed by atoms with Gasteiger partial charge >= 0.3 is 6.36 Å². The molecular weight excluding hydrogens is 423 g/mol. The maximum atomic E-state index is 13.0. The van der Waals surface area contributed by atoms with Gasteiger partial charge in [0, 0.05) is 17.8 Å². The van der Waals surface area contributed by atoms with Crippen LogP contribution in [0.25, 0.3) is 16.9 Å². The van der Waals surface area contributed by atoms with Gasteiger partial charge in [0.25, 0.3) is 0 Å². The smallest absolute Gasteiger partial charge is 0.495 e. The molecule has 0 spiro atoms. The van der Waals surface area contributed by atoms with E-state index in [1.54, 1.807) is 20.8 Å². The van der Waals surface area contributed by atoms with Crippen molar-refractivity contribution in [1.82, 2.24) is 9.38 Å². The minimum Gasteiger partial charge on any atom is -0.495 e. The SMILES string of the molecule is COc1cc2ncc(-c3ccc(N)c(OC(F)(F)F)c3)n2cc1S(=O)(=O)C(C)(C)C. The molecule has 0 bridgehead atoms. The number of imidazole rings is 1. The second kappa shape index (κ2) is 7.08. The fraction of sp³-hybridized carbons (Fsp3) is 0.316. The largest absolute Gasteiger partial charge is 0.573 e. The minimum atomic E-state index is -4.91. The number of alkyl halides is 3. The van der Waals surface area contributed by atoms with Crippen LogP contribution >= 0.6 is 0 Å². The predicted octanol–water partition coefficient (Wildman–Crippen LogP) is 4.06. The third-order valence-electron chi connectivity index (χ3n) is 4.43. The van der Waals surface area contributed by atoms with Crippen molar-refractivity contribution in [3.63, 3.8) is 0 Å². The Morgan fingerprint density at radius 1 is 1.10 bits per heavy atom. The van der Waals surface area contributed by atoms with E-state index in [1.807, 2.05) is 0 Å². The lowest BCUT2D eigenvalue weighted by molar-refractivity contribution is -0.274. The monoisotopic (exact) mass is 443 g/mol. The Morgan fingerprint density at radius 3 is 2.33 bits per heavy atom. The fourth-order valence-electron chi connectivity index (χ4n) is 2.80. The zero-order valence-electron chi connectivity index (χ0n) is 16.6. The van der Waals surface area contributed by atoms with Crippen LogP contribution in [-0.4, -0.2) is 36.0 Å². The first kappa shape index (κ1) is 21.8. The quantitative estimate of drug-likeness (QED) is 0.611. The van der Waals surface area contributed by atoms with Gasteiger partial charge in [-0.05, 0) is 32.9 Å². The first-order valence-corrected chi connectivity index (χ1v) is 10.2. The molecule has 0 saturated heterocycles. The topological polar surface area (TPSA) is 95.9 Å². The lowest BCUT2D eigenvalue weighted by Gasteiger charge is -2.21. The standard InChI is InChI=1S/C19H20F3N3O4S/c1-18(2,3)30(26,27)16-10-25-13(9-24-17(25)8-15(16)28-4)11-5-6-12(23)14(7-11)29-19(20,21)22/h5-10H,23H2,1-4H3. The maximum absolute atomic E-state index is 13.0. The Labute approximate surface area is 171 Å². The number of hydrogen-bond donors (Lipinski definition) is 1. The molecule has 11 heteroatoms. The molecule has 0 atom stereocenters. The van der Waals surface area contributed by atoms with Crippen molar-refractivity contribution >= 4 is 21.2 Å². The van der Waals surface area contributed by atoms with Crippen LogP contribution in [-0.2, 0) is 9.84 Å². The van der Waals surface area contributed by atoms with Gasteiger partial charge in [-0.3, -0.25) is 4.40 Å². The van der Waals surface area contributed by atoms with Crippen LogP contribution < -0.4 is 15.2 Å². The molecule has 0 unspecified atom stereocenters. The molecule has 0 aliphatic carbocycles. The summed E-state index contributed by atoms with van der Waals surface area (Å²) in [6.07, 6.45) is -2.16. The number of nitrogens with zero attached hydrogens (tertiary/aromatic N) is 2. The van der Waals surface area contributed by atoms with Gasteiger partial charge in [0.1, 0.15) is 16.3 Å². The number of hydrogen-bond acceptors (Lipinski definition) is 6. The number of sulfone groups is 1. The Kier molecular flexibility index (Phi) is 5.13. The highest BCUT2D eigenvalue weighted by Crippen LogP contribution is 2.36. The highest BCUT2D eigenvalue weighted by Gasteiger charge is 2.35. The number of halogens is 3. The van der Waals surface area contributed by atoms with E-state index in [0.717, 1.165) is 6.07 Å². The number of nitrogens with two attached hydrogens (primary N) is 1. The molecule has 7 nitrogen and oxygen atoms in total. The highest BCUT2D eigenvalue weighted by molar-refractivity contribution is 7.92. The van der Waals surface area contributed by atoms with Crippen molar-refractivity contribution in [1.29, 1.82) is 0 Å². The summed E-state index contributed by atoms with van der Waals surface area (Å²) in [5.74, 6) is -0.445. The third kappa shape index (κ3) is 3.89. The van der Waals surface area contributed by atoms with E-state index in [-0.39, 0.29) is 16.3 Å². The number of anilines is 1. The molecule has 1 aromatic carbocycles. The average Bonchev–Trinajstić information content (AvgIpc) is 3.03. The molecule has 162 valence electrons. The van der Waals surface area contributed by atoms with E-state index in [1.165, 1.54) is 42.1 Å². The van der Waals surface area contributed by atoms with Crippen LogP contribution in [0.4, 0.5) is 18.9 Å². The lowest BCUT2D eigenvalue weighted by Crippen LogP contribution is -2.28. The maximum Gasteiger partial charge on any atom is 0.573 e. The number of aromatic nitrogens is 2. The summed E-state index contributed by atoms with van der Waals surface area (Å²) >= 11 is 0. The van der Waals surface area contributed by atoms with E-state index >= 15 is 0 Å². The van der Waals surface area contributed by atoms with E-state index in [4.69, 9.17) is 10.5 Å². The summed E-state index contributed by atoms with van der Waals surface area (Å²) in [6, 6.07) is 5.33. The molecule has 0 amide bonds. The lowest BCUT2D eigenvalue weighted by atomic mass is 10.1. The van der Waals surface area contributed by atoms with Crippen LogP contribution in [0.15, 0.2) is 41.6 Å². The molecule has 3 rings (SSSR count). The van der Waals surface area contributed by atoms with E-state index in [2.05, 4.69) is 9.72 Å². The van der Waals surface area contributed by atoms with Gasteiger partial charge in [0.2, 0.25) is 0 Å². The summed E-state index contributed by atoms with van der Waals surface area (Å²) in [7, 11) is -2.45. The number of benzene rings is 1. The normalized spacial score (nSPS) is 12.9. The molecule has 0 aliphatic heterocycles. The van der Waals surface area contributed by atoms with Crippen LogP contribution in [0.5, 0.6) is 11.5 Å². The second-order valence-corrected chi connectivity index (χ2v) is 10.2. The number of rotatable bonds is 4. The number of nitrogen functional groups attached to an aromatic ring is 1. The van der Waals surface area contributed by atoms with Gasteiger partial charge in [-0.2, -0.15) is 0 Å². The Hall–Kier alpha value is -2.95. The summed E-state index contributed by atoms with van der Waals surface area (Å²) < 4.78 is 73.6. The van der Waals surface area contributed by atoms with Gasteiger partial charge in [-0.15, -0.1) is 13.2 Å². The third-order valence-corrected chi connectivity index (χ3v) is 6.92. The fourth-order valence-corrected chi connectivity index (χ4v) is 4.11. The summed E-state index contributed by atoms with van der Waals surface area (Å²) in [5, 5.41) is 0. The Bertz CT molecular complexity index is 1210. The number of fused-ring (bicyclic) bond motifs is 1. The van der Waals surface area contributed by atoms with Gasteiger partial charge in [-0.25, -0.2) is 13.4 Å². The second-order valence-electron chi connectivity index (χ2n) is 7.49. The van der Waals surface area contributed by atoms with Gasteiger partial charge in [0.15, 0.2) is 15.6 Å². The van der Waals surface area contributed by atoms with Crippen LogP contribution in [0.2, 0.25) is 0 Å². The number of methoxy groups -OCH3 is 1. The van der Waals surface area contributed by atoms with Crippen LogP contribution in [0, 0.1) is 0 Å². The Morgan fingerprint density at radius 2 is 1.77 bits per heavy atom. The molecule has 0 aliphatic rings. The first-order chi connectivity index (χ1) is 13.7. The molecule has 2 N–H and O–H groups in total. The van der Waals surface area contributed by atoms with Gasteiger partial charge < -0.3 is 15.2 Å². The first-order valence-electron chi connectivity index (χ1n) is 8.70. The summed E-state index contributed by atoms with van der Waals surface area (Å²) in [5.41, 5.74) is 6.40. The summed E-state index contributed by atoms with van der Waals surface area (Å²) in [6.45, 7) is 4.67. The van der Waals surface area contributed by atoms with Gasteiger partial charge in [-0.1, -0.05) is 6.07 Å². The van der Waals surface area contributed by atoms with Crippen molar-refractivity contribution in [3.8, 4) is 22.8 Å². The molecule has 3 aromatic rings. The average molecular weight is 443 g/mol. The number of pyridine rings is 1. The Balaban J connectivity index is 2.23. The van der Waals surface area contributed by atoms with Crippen molar-refractivity contribution in [2.75, 3.05) is 12.8 Å². The minimum absolute atomic E-state index is 0.0635. The molecular formula is C19H20F3N3O4S. The molecule has 2 heterocycles. The van der Waals surface area contributed by atoms with Crippen molar-refractivity contribution in [2.24, 2.45) is 0 Å². The molecule has 0 radical (unpaired) electrons.